The van der Waals surface area contributed by atoms with Crippen LogP contribution in [-0.2, 0) is 13.6 Å². The molecule has 0 aliphatic carbocycles. The van der Waals surface area contributed by atoms with Gasteiger partial charge in [0.05, 0.1) is 6.54 Å². The van der Waals surface area contributed by atoms with Gasteiger partial charge in [-0.2, -0.15) is 5.10 Å². The molecule has 2 rings (SSSR count). The summed E-state index contributed by atoms with van der Waals surface area (Å²) in [5.41, 5.74) is 7.88. The summed E-state index contributed by atoms with van der Waals surface area (Å²) in [4.78, 5) is 13.9. The van der Waals surface area contributed by atoms with E-state index in [-0.39, 0.29) is 5.91 Å². The van der Waals surface area contributed by atoms with Crippen LogP contribution in [0.3, 0.4) is 0 Å². The first-order valence-electron chi connectivity index (χ1n) is 6.63. The first-order valence-corrected chi connectivity index (χ1v) is 6.63. The summed E-state index contributed by atoms with van der Waals surface area (Å²) in [5, 5.41) is 4.01. The maximum absolute atomic E-state index is 12.3. The molecule has 1 amide bonds. The van der Waals surface area contributed by atoms with Crippen LogP contribution in [0.1, 0.15) is 21.6 Å². The van der Waals surface area contributed by atoms with Crippen LogP contribution < -0.4 is 5.73 Å². The summed E-state index contributed by atoms with van der Waals surface area (Å²) in [5.74, 6) is 5.73. The van der Waals surface area contributed by atoms with Crippen LogP contribution in [0.25, 0.3) is 0 Å². The minimum atomic E-state index is -0.0537. The van der Waals surface area contributed by atoms with E-state index in [0.717, 1.165) is 11.1 Å². The molecule has 0 fully saturated rings. The van der Waals surface area contributed by atoms with Gasteiger partial charge in [0.25, 0.3) is 5.91 Å². The number of rotatable bonds is 3. The first kappa shape index (κ1) is 14.8. The number of carbonyl (C=O) groups excluding carboxylic acids is 1. The van der Waals surface area contributed by atoms with Crippen molar-refractivity contribution in [2.75, 3.05) is 13.6 Å². The Balaban J connectivity index is 2.04. The highest BCUT2D eigenvalue weighted by Crippen LogP contribution is 2.09. The molecule has 0 radical (unpaired) electrons. The van der Waals surface area contributed by atoms with E-state index in [1.165, 1.54) is 0 Å². The number of aryl methyl sites for hydroxylation is 1. The fourth-order valence-corrected chi connectivity index (χ4v) is 1.97. The Kier molecular flexibility index (Phi) is 4.75. The minimum absolute atomic E-state index is 0.0537. The van der Waals surface area contributed by atoms with Crippen LogP contribution in [0.2, 0.25) is 0 Å². The molecule has 2 aromatic rings. The van der Waals surface area contributed by atoms with E-state index >= 15 is 0 Å². The van der Waals surface area contributed by atoms with Crippen molar-refractivity contribution in [3.8, 4) is 11.8 Å². The quantitative estimate of drug-likeness (QED) is 0.854. The Hall–Kier alpha value is -2.58. The van der Waals surface area contributed by atoms with Gasteiger partial charge in [-0.25, -0.2) is 0 Å². The highest BCUT2D eigenvalue weighted by Gasteiger charge is 2.15. The number of nitrogens with two attached hydrogens (primary N) is 1. The average molecular weight is 282 g/mol. The molecule has 0 atom stereocenters. The van der Waals surface area contributed by atoms with Crippen LogP contribution in [0.15, 0.2) is 36.5 Å². The fourth-order valence-electron chi connectivity index (χ4n) is 1.97. The SMILES string of the molecule is CN(Cc1ccc(C#CCN)cc1)C(=O)c1ccnn1C. The van der Waals surface area contributed by atoms with Crippen molar-refractivity contribution in [1.29, 1.82) is 0 Å². The monoisotopic (exact) mass is 282 g/mol. The molecule has 1 aromatic carbocycles. The van der Waals surface area contributed by atoms with E-state index in [9.17, 15) is 4.79 Å². The van der Waals surface area contributed by atoms with Gasteiger partial charge in [0, 0.05) is 32.4 Å². The zero-order valence-corrected chi connectivity index (χ0v) is 12.2. The van der Waals surface area contributed by atoms with Gasteiger partial charge in [-0.1, -0.05) is 24.0 Å². The zero-order chi connectivity index (χ0) is 15.2. The summed E-state index contributed by atoms with van der Waals surface area (Å²) in [6.07, 6.45) is 1.62. The van der Waals surface area contributed by atoms with Gasteiger partial charge in [0.2, 0.25) is 0 Å². The lowest BCUT2D eigenvalue weighted by atomic mass is 10.1. The lowest BCUT2D eigenvalue weighted by Crippen LogP contribution is -2.28. The van der Waals surface area contributed by atoms with Crippen molar-refractivity contribution in [2.24, 2.45) is 12.8 Å². The standard InChI is InChI=1S/C16H18N4O/c1-19(16(21)15-9-11-18-20(15)2)12-14-7-5-13(6-8-14)4-3-10-17/h5-9,11H,10,12,17H2,1-2H3. The zero-order valence-electron chi connectivity index (χ0n) is 12.2. The molecular formula is C16H18N4O. The lowest BCUT2D eigenvalue weighted by molar-refractivity contribution is 0.0774. The van der Waals surface area contributed by atoms with E-state index in [1.54, 1.807) is 35.9 Å². The summed E-state index contributed by atoms with van der Waals surface area (Å²) in [6, 6.07) is 9.51. The minimum Gasteiger partial charge on any atom is -0.336 e. The van der Waals surface area contributed by atoms with Gasteiger partial charge in [-0.15, -0.1) is 0 Å². The van der Waals surface area contributed by atoms with Gasteiger partial charge in [-0.05, 0) is 23.8 Å². The normalized spacial score (nSPS) is 9.86. The smallest absolute Gasteiger partial charge is 0.272 e. The van der Waals surface area contributed by atoms with Gasteiger partial charge in [0.1, 0.15) is 5.69 Å². The predicted octanol–water partition coefficient (Wildman–Crippen LogP) is 1.00. The molecular weight excluding hydrogens is 264 g/mol. The Bertz CT molecular complexity index is 676. The molecule has 21 heavy (non-hydrogen) atoms. The van der Waals surface area contributed by atoms with E-state index in [2.05, 4.69) is 16.9 Å². The number of aromatic nitrogens is 2. The lowest BCUT2D eigenvalue weighted by Gasteiger charge is -2.17. The van der Waals surface area contributed by atoms with E-state index in [4.69, 9.17) is 5.73 Å². The number of hydrogen-bond acceptors (Lipinski definition) is 3. The third kappa shape index (κ3) is 3.71. The molecule has 0 bridgehead atoms. The summed E-state index contributed by atoms with van der Waals surface area (Å²) in [7, 11) is 3.53. The Morgan fingerprint density at radius 1 is 1.33 bits per heavy atom. The highest BCUT2D eigenvalue weighted by atomic mass is 16.2. The van der Waals surface area contributed by atoms with Crippen LogP contribution in [0.4, 0.5) is 0 Å². The van der Waals surface area contributed by atoms with Crippen molar-refractivity contribution < 1.29 is 4.79 Å². The van der Waals surface area contributed by atoms with Gasteiger partial charge < -0.3 is 10.6 Å². The molecule has 0 spiro atoms. The summed E-state index contributed by atoms with van der Waals surface area (Å²) >= 11 is 0. The highest BCUT2D eigenvalue weighted by molar-refractivity contribution is 5.92. The molecule has 0 saturated carbocycles. The van der Waals surface area contributed by atoms with E-state index in [0.29, 0.717) is 18.8 Å². The number of carbonyl (C=O) groups is 1. The largest absolute Gasteiger partial charge is 0.336 e. The molecule has 2 N–H and O–H groups in total. The Morgan fingerprint density at radius 3 is 2.62 bits per heavy atom. The summed E-state index contributed by atoms with van der Waals surface area (Å²) in [6.45, 7) is 0.887. The second kappa shape index (κ2) is 6.73. The van der Waals surface area contributed by atoms with Crippen LogP contribution in [0, 0.1) is 11.8 Å². The van der Waals surface area contributed by atoms with E-state index < -0.39 is 0 Å². The van der Waals surface area contributed by atoms with Crippen LogP contribution in [0.5, 0.6) is 0 Å². The number of amides is 1. The maximum Gasteiger partial charge on any atom is 0.272 e. The number of hydrogen-bond donors (Lipinski definition) is 1. The Labute approximate surface area is 124 Å². The topological polar surface area (TPSA) is 64.2 Å². The first-order chi connectivity index (χ1) is 10.1. The Morgan fingerprint density at radius 2 is 2.05 bits per heavy atom. The van der Waals surface area contributed by atoms with Gasteiger partial charge in [0.15, 0.2) is 0 Å². The van der Waals surface area contributed by atoms with Gasteiger partial charge >= 0.3 is 0 Å². The van der Waals surface area contributed by atoms with Crippen molar-refractivity contribution in [1.82, 2.24) is 14.7 Å². The molecule has 1 aromatic heterocycles. The molecule has 108 valence electrons. The molecule has 0 aliphatic heterocycles. The third-order valence-electron chi connectivity index (χ3n) is 3.10. The molecule has 5 nitrogen and oxygen atoms in total. The van der Waals surface area contributed by atoms with Crippen molar-refractivity contribution in [3.63, 3.8) is 0 Å². The number of benzene rings is 1. The average Bonchev–Trinajstić information content (AvgIpc) is 2.92. The fraction of sp³-hybridized carbons (Fsp3) is 0.250. The van der Waals surface area contributed by atoms with E-state index in [1.807, 2.05) is 24.3 Å². The second-order valence-corrected chi connectivity index (χ2v) is 4.70. The molecule has 5 heteroatoms. The third-order valence-corrected chi connectivity index (χ3v) is 3.10. The van der Waals surface area contributed by atoms with Crippen molar-refractivity contribution in [2.45, 2.75) is 6.54 Å². The molecule has 1 heterocycles. The van der Waals surface area contributed by atoms with Crippen molar-refractivity contribution >= 4 is 5.91 Å². The van der Waals surface area contributed by atoms with Gasteiger partial charge in [-0.3, -0.25) is 9.48 Å². The van der Waals surface area contributed by atoms with Crippen LogP contribution >= 0.6 is 0 Å². The predicted molar refractivity (Wildman–Crippen MR) is 81.4 cm³/mol. The van der Waals surface area contributed by atoms with Crippen molar-refractivity contribution in [3.05, 3.63) is 53.3 Å². The summed E-state index contributed by atoms with van der Waals surface area (Å²) < 4.78 is 1.57. The maximum atomic E-state index is 12.3. The second-order valence-electron chi connectivity index (χ2n) is 4.70. The molecule has 0 aliphatic rings. The molecule has 0 unspecified atom stereocenters. The van der Waals surface area contributed by atoms with Crippen LogP contribution in [-0.4, -0.2) is 34.2 Å². The molecule has 0 saturated heterocycles. The number of nitrogens with zero attached hydrogens (tertiary/aromatic N) is 3.